The van der Waals surface area contributed by atoms with Gasteiger partial charge in [0.1, 0.15) is 34.3 Å². The molecule has 1 aliphatic heterocycles. The number of pyridine rings is 1. The van der Waals surface area contributed by atoms with Crippen LogP contribution in [0.1, 0.15) is 38.8 Å². The number of nitrogens with two attached hydrogens (primary N) is 1. The van der Waals surface area contributed by atoms with E-state index in [2.05, 4.69) is 20.4 Å². The van der Waals surface area contributed by atoms with Crippen molar-refractivity contribution in [2.75, 3.05) is 25.9 Å². The SMILES string of the molecule is C1CCNCC1.COc1cc2ncc(-c3nc(N)ccc3F)n2nc1C(C)(C)O. The van der Waals surface area contributed by atoms with Crippen molar-refractivity contribution in [2.45, 2.75) is 38.7 Å². The lowest BCUT2D eigenvalue weighted by Gasteiger charge is -2.19. The van der Waals surface area contributed by atoms with Crippen LogP contribution in [0.15, 0.2) is 24.4 Å². The highest BCUT2D eigenvalue weighted by Crippen LogP contribution is 2.30. The molecule has 0 spiro atoms. The van der Waals surface area contributed by atoms with Crippen molar-refractivity contribution in [3.63, 3.8) is 0 Å². The summed E-state index contributed by atoms with van der Waals surface area (Å²) in [6.45, 7) is 5.67. The third-order valence-electron chi connectivity index (χ3n) is 4.57. The highest BCUT2D eigenvalue weighted by atomic mass is 19.1. The van der Waals surface area contributed by atoms with E-state index in [0.29, 0.717) is 22.8 Å². The maximum absolute atomic E-state index is 14.1. The second kappa shape index (κ2) is 8.71. The van der Waals surface area contributed by atoms with Gasteiger partial charge in [-0.2, -0.15) is 5.10 Å². The molecule has 4 rings (SSSR count). The second-order valence-electron chi connectivity index (χ2n) is 7.41. The summed E-state index contributed by atoms with van der Waals surface area (Å²) < 4.78 is 20.7. The monoisotopic (exact) mass is 402 g/mol. The normalized spacial score (nSPS) is 14.4. The fourth-order valence-electron chi connectivity index (χ4n) is 3.08. The number of anilines is 1. The van der Waals surface area contributed by atoms with Gasteiger partial charge in [-0.15, -0.1) is 0 Å². The summed E-state index contributed by atoms with van der Waals surface area (Å²) in [5.41, 5.74) is 5.50. The van der Waals surface area contributed by atoms with Gasteiger partial charge < -0.3 is 20.9 Å². The maximum Gasteiger partial charge on any atom is 0.157 e. The van der Waals surface area contributed by atoms with Crippen LogP contribution < -0.4 is 15.8 Å². The second-order valence-corrected chi connectivity index (χ2v) is 7.41. The van der Waals surface area contributed by atoms with Gasteiger partial charge in [-0.25, -0.2) is 18.9 Å². The highest BCUT2D eigenvalue weighted by Gasteiger charge is 2.25. The quantitative estimate of drug-likeness (QED) is 0.617. The maximum atomic E-state index is 14.1. The van der Waals surface area contributed by atoms with Crippen molar-refractivity contribution in [1.82, 2.24) is 24.9 Å². The molecule has 1 fully saturated rings. The smallest absolute Gasteiger partial charge is 0.157 e. The van der Waals surface area contributed by atoms with Gasteiger partial charge in [-0.3, -0.25) is 0 Å². The van der Waals surface area contributed by atoms with E-state index in [1.807, 2.05) is 0 Å². The number of imidazole rings is 1. The van der Waals surface area contributed by atoms with Crippen LogP contribution in [0, 0.1) is 5.82 Å². The fourth-order valence-corrected chi connectivity index (χ4v) is 3.08. The molecule has 4 heterocycles. The molecule has 0 atom stereocenters. The molecule has 0 amide bonds. The van der Waals surface area contributed by atoms with Crippen molar-refractivity contribution < 1.29 is 14.2 Å². The Balaban J connectivity index is 0.000000343. The molecule has 0 unspecified atom stereocenters. The predicted molar refractivity (Wildman–Crippen MR) is 109 cm³/mol. The van der Waals surface area contributed by atoms with Crippen LogP contribution in [0.2, 0.25) is 0 Å². The lowest BCUT2D eigenvalue weighted by molar-refractivity contribution is 0.0694. The molecule has 0 saturated carbocycles. The number of hydrogen-bond donors (Lipinski definition) is 3. The van der Waals surface area contributed by atoms with E-state index < -0.39 is 11.4 Å². The summed E-state index contributed by atoms with van der Waals surface area (Å²) >= 11 is 0. The van der Waals surface area contributed by atoms with Crippen molar-refractivity contribution in [3.05, 3.63) is 35.9 Å². The predicted octanol–water partition coefficient (Wildman–Crippen LogP) is 2.51. The van der Waals surface area contributed by atoms with Crippen LogP contribution in [-0.2, 0) is 5.60 Å². The third kappa shape index (κ3) is 4.80. The number of hydrogen-bond acceptors (Lipinski definition) is 7. The topological polar surface area (TPSA) is 111 Å². The van der Waals surface area contributed by atoms with Crippen molar-refractivity contribution >= 4 is 11.5 Å². The van der Waals surface area contributed by atoms with Crippen LogP contribution in [0.4, 0.5) is 10.2 Å². The fraction of sp³-hybridized carbons (Fsp3) is 0.450. The molecule has 8 nitrogen and oxygen atoms in total. The van der Waals surface area contributed by atoms with E-state index in [9.17, 15) is 9.50 Å². The Bertz CT molecular complexity index is 967. The summed E-state index contributed by atoms with van der Waals surface area (Å²) in [5.74, 6) is 0.0409. The first kappa shape index (κ1) is 20.9. The number of halogens is 1. The van der Waals surface area contributed by atoms with Crippen LogP contribution in [0.3, 0.4) is 0 Å². The van der Waals surface area contributed by atoms with E-state index >= 15 is 0 Å². The molecular formula is C20H27FN6O2. The molecule has 0 radical (unpaired) electrons. The molecule has 0 aliphatic carbocycles. The van der Waals surface area contributed by atoms with E-state index in [4.69, 9.17) is 10.5 Å². The number of nitrogen functional groups attached to an aromatic ring is 1. The van der Waals surface area contributed by atoms with Crippen LogP contribution in [-0.4, -0.2) is 44.9 Å². The van der Waals surface area contributed by atoms with Gasteiger partial charge in [0, 0.05) is 6.07 Å². The minimum Gasteiger partial charge on any atom is -0.495 e. The standard InChI is InChI=1S/C15H16FN5O2.C5H11N/c1-15(2,22)14-10(23-3)6-12-18-7-9(21(12)20-14)13-8(16)4-5-11(17)19-13;1-2-4-6-5-3-1/h4-7,22H,1-3H3,(H2,17,19);6H,1-5H2. The van der Waals surface area contributed by atoms with Crippen LogP contribution in [0.25, 0.3) is 17.0 Å². The first-order valence-corrected chi connectivity index (χ1v) is 9.60. The summed E-state index contributed by atoms with van der Waals surface area (Å²) in [5, 5.41) is 17.9. The Kier molecular flexibility index (Phi) is 6.29. The Morgan fingerprint density at radius 3 is 2.52 bits per heavy atom. The van der Waals surface area contributed by atoms with Gasteiger partial charge in [-0.05, 0) is 51.9 Å². The molecule has 1 saturated heterocycles. The van der Waals surface area contributed by atoms with Gasteiger partial charge in [0.15, 0.2) is 11.5 Å². The number of nitrogens with zero attached hydrogens (tertiary/aromatic N) is 4. The van der Waals surface area contributed by atoms with Gasteiger partial charge in [-0.1, -0.05) is 6.42 Å². The van der Waals surface area contributed by atoms with Crippen molar-refractivity contribution in [1.29, 1.82) is 0 Å². The average molecular weight is 402 g/mol. The molecule has 3 aromatic heterocycles. The van der Waals surface area contributed by atoms with E-state index in [1.54, 1.807) is 19.9 Å². The Morgan fingerprint density at radius 2 is 1.97 bits per heavy atom. The van der Waals surface area contributed by atoms with Gasteiger partial charge >= 0.3 is 0 Å². The highest BCUT2D eigenvalue weighted by molar-refractivity contribution is 5.62. The minimum absolute atomic E-state index is 0.0388. The lowest BCUT2D eigenvalue weighted by Crippen LogP contribution is -2.21. The van der Waals surface area contributed by atoms with E-state index in [0.717, 1.165) is 0 Å². The third-order valence-corrected chi connectivity index (χ3v) is 4.57. The first-order valence-electron chi connectivity index (χ1n) is 9.60. The van der Waals surface area contributed by atoms with E-state index in [-0.39, 0.29) is 11.5 Å². The summed E-state index contributed by atoms with van der Waals surface area (Å²) in [6.07, 6.45) is 5.66. The number of rotatable bonds is 3. The molecule has 0 bridgehead atoms. The Labute approximate surface area is 168 Å². The Morgan fingerprint density at radius 1 is 1.24 bits per heavy atom. The number of nitrogens with one attached hydrogen (secondary N) is 1. The minimum atomic E-state index is -1.25. The molecule has 9 heteroatoms. The number of ether oxygens (including phenoxy) is 1. The first-order chi connectivity index (χ1) is 13.8. The van der Waals surface area contributed by atoms with Gasteiger partial charge in [0.05, 0.1) is 13.3 Å². The number of methoxy groups -OCH3 is 1. The number of aromatic nitrogens is 4. The van der Waals surface area contributed by atoms with Gasteiger partial charge in [0.25, 0.3) is 0 Å². The molecule has 29 heavy (non-hydrogen) atoms. The zero-order valence-electron chi connectivity index (χ0n) is 16.9. The molecule has 156 valence electrons. The largest absolute Gasteiger partial charge is 0.495 e. The Hall–Kier alpha value is -2.78. The number of piperidine rings is 1. The summed E-state index contributed by atoms with van der Waals surface area (Å²) in [4.78, 5) is 8.20. The molecular weight excluding hydrogens is 375 g/mol. The molecule has 1 aliphatic rings. The number of fused-ring (bicyclic) bond motifs is 1. The molecule has 0 aromatic carbocycles. The summed E-state index contributed by atoms with van der Waals surface area (Å²) in [7, 11) is 1.48. The average Bonchev–Trinajstić information content (AvgIpc) is 3.13. The van der Waals surface area contributed by atoms with Crippen LogP contribution >= 0.6 is 0 Å². The number of aliphatic hydroxyl groups is 1. The molecule has 4 N–H and O–H groups in total. The van der Waals surface area contributed by atoms with Crippen molar-refractivity contribution in [3.8, 4) is 17.1 Å². The van der Waals surface area contributed by atoms with Crippen LogP contribution in [0.5, 0.6) is 5.75 Å². The lowest BCUT2D eigenvalue weighted by atomic mass is 10.0. The molecule has 3 aromatic rings. The van der Waals surface area contributed by atoms with E-state index in [1.165, 1.54) is 62.3 Å². The van der Waals surface area contributed by atoms with Gasteiger partial charge in [0.2, 0.25) is 0 Å². The zero-order chi connectivity index (χ0) is 21.0. The van der Waals surface area contributed by atoms with Crippen molar-refractivity contribution in [2.24, 2.45) is 0 Å². The zero-order valence-corrected chi connectivity index (χ0v) is 16.9. The summed E-state index contributed by atoms with van der Waals surface area (Å²) in [6, 6.07) is 4.23.